The van der Waals surface area contributed by atoms with Gasteiger partial charge in [0.1, 0.15) is 11.9 Å². The molecular formula is C11H17N3O2. The van der Waals surface area contributed by atoms with Crippen LogP contribution in [0.2, 0.25) is 0 Å². The first-order valence-corrected chi connectivity index (χ1v) is 5.56. The largest absolute Gasteiger partial charge is 0.473 e. The molecule has 2 unspecified atom stereocenters. The van der Waals surface area contributed by atoms with Crippen LogP contribution in [0.3, 0.4) is 0 Å². The number of anilines is 1. The van der Waals surface area contributed by atoms with Gasteiger partial charge in [-0.05, 0) is 25.3 Å². The van der Waals surface area contributed by atoms with Gasteiger partial charge in [-0.25, -0.2) is 0 Å². The zero-order valence-electron chi connectivity index (χ0n) is 9.43. The second-order valence-electron chi connectivity index (χ2n) is 4.06. The molecule has 1 aliphatic rings. The van der Waals surface area contributed by atoms with E-state index in [9.17, 15) is 0 Å². The number of nitrogens with zero attached hydrogens (tertiary/aromatic N) is 2. The molecule has 5 heteroatoms. The van der Waals surface area contributed by atoms with Gasteiger partial charge in [0.25, 0.3) is 0 Å². The van der Waals surface area contributed by atoms with Crippen molar-refractivity contribution in [3.05, 3.63) is 12.1 Å². The number of aromatic nitrogens is 2. The molecule has 0 radical (unpaired) electrons. The van der Waals surface area contributed by atoms with Crippen LogP contribution in [0.25, 0.3) is 0 Å². The Bertz CT molecular complexity index is 329. The minimum Gasteiger partial charge on any atom is -0.473 e. The highest BCUT2D eigenvalue weighted by molar-refractivity contribution is 5.27. The topological polar surface area (TPSA) is 70.3 Å². The number of ether oxygens (including phenoxy) is 2. The number of hydrogen-bond donors (Lipinski definition) is 1. The smallest absolute Gasteiger partial charge is 0.233 e. The summed E-state index contributed by atoms with van der Waals surface area (Å²) in [4.78, 5) is 0. The number of methoxy groups -OCH3 is 1. The highest BCUT2D eigenvalue weighted by atomic mass is 16.5. The molecule has 0 saturated heterocycles. The summed E-state index contributed by atoms with van der Waals surface area (Å²) >= 11 is 0. The summed E-state index contributed by atoms with van der Waals surface area (Å²) in [6, 6.07) is 3.44. The van der Waals surface area contributed by atoms with Gasteiger partial charge in [0.2, 0.25) is 5.88 Å². The van der Waals surface area contributed by atoms with Gasteiger partial charge in [0.15, 0.2) is 0 Å². The predicted octanol–water partition coefficient (Wildman–Crippen LogP) is 1.40. The molecular weight excluding hydrogens is 206 g/mol. The molecule has 5 nitrogen and oxygen atoms in total. The number of rotatable bonds is 3. The van der Waals surface area contributed by atoms with Crippen molar-refractivity contribution in [1.82, 2.24) is 10.2 Å². The maximum absolute atomic E-state index is 5.73. The Morgan fingerprint density at radius 1 is 1.25 bits per heavy atom. The van der Waals surface area contributed by atoms with E-state index in [0.29, 0.717) is 17.8 Å². The summed E-state index contributed by atoms with van der Waals surface area (Å²) in [5.41, 5.74) is 5.45. The number of nitrogens with two attached hydrogens (primary N) is 1. The molecule has 1 saturated carbocycles. The van der Waals surface area contributed by atoms with E-state index in [1.165, 1.54) is 0 Å². The molecule has 2 N–H and O–H groups in total. The van der Waals surface area contributed by atoms with Crippen molar-refractivity contribution in [1.29, 1.82) is 0 Å². The van der Waals surface area contributed by atoms with Gasteiger partial charge in [-0.3, -0.25) is 0 Å². The average Bonchev–Trinajstić information content (AvgIpc) is 2.32. The summed E-state index contributed by atoms with van der Waals surface area (Å²) in [6.45, 7) is 0. The van der Waals surface area contributed by atoms with Crippen molar-refractivity contribution in [2.45, 2.75) is 37.9 Å². The second kappa shape index (κ2) is 5.12. The van der Waals surface area contributed by atoms with Gasteiger partial charge in [-0.15, -0.1) is 10.2 Å². The third kappa shape index (κ3) is 2.82. The normalized spacial score (nSPS) is 25.3. The lowest BCUT2D eigenvalue weighted by Gasteiger charge is -2.28. The summed E-state index contributed by atoms with van der Waals surface area (Å²) in [7, 11) is 1.75. The zero-order chi connectivity index (χ0) is 11.4. The minimum absolute atomic E-state index is 0.177. The van der Waals surface area contributed by atoms with Gasteiger partial charge in [0.05, 0.1) is 6.10 Å². The van der Waals surface area contributed by atoms with E-state index in [1.807, 2.05) is 0 Å². The molecule has 16 heavy (non-hydrogen) atoms. The highest BCUT2D eigenvalue weighted by Crippen LogP contribution is 2.24. The molecule has 1 heterocycles. The first kappa shape index (κ1) is 11.1. The molecule has 1 aromatic heterocycles. The molecule has 0 amide bonds. The van der Waals surface area contributed by atoms with Crippen LogP contribution in [0.1, 0.15) is 25.7 Å². The maximum Gasteiger partial charge on any atom is 0.233 e. The summed E-state index contributed by atoms with van der Waals surface area (Å²) < 4.78 is 11.1. The first-order valence-electron chi connectivity index (χ1n) is 5.56. The van der Waals surface area contributed by atoms with Crippen molar-refractivity contribution in [2.75, 3.05) is 12.8 Å². The third-order valence-corrected chi connectivity index (χ3v) is 2.86. The molecule has 1 fully saturated rings. The first-order chi connectivity index (χ1) is 7.78. The molecule has 0 aromatic carbocycles. The van der Waals surface area contributed by atoms with Gasteiger partial charge in [-0.2, -0.15) is 0 Å². The Balaban J connectivity index is 1.91. The van der Waals surface area contributed by atoms with Crippen molar-refractivity contribution in [2.24, 2.45) is 0 Å². The van der Waals surface area contributed by atoms with Crippen LogP contribution in [-0.4, -0.2) is 29.5 Å². The molecule has 2 atom stereocenters. The lowest BCUT2D eigenvalue weighted by atomic mass is 9.95. The Morgan fingerprint density at radius 3 is 2.75 bits per heavy atom. The van der Waals surface area contributed by atoms with Crippen LogP contribution in [-0.2, 0) is 4.74 Å². The van der Waals surface area contributed by atoms with Crippen LogP contribution in [0.15, 0.2) is 12.1 Å². The van der Waals surface area contributed by atoms with Crippen molar-refractivity contribution in [3.8, 4) is 5.88 Å². The molecule has 1 aliphatic carbocycles. The fourth-order valence-corrected chi connectivity index (χ4v) is 1.99. The van der Waals surface area contributed by atoms with E-state index < -0.39 is 0 Å². The summed E-state index contributed by atoms with van der Waals surface area (Å²) in [6.07, 6.45) is 4.70. The molecule has 88 valence electrons. The Labute approximate surface area is 95.0 Å². The summed E-state index contributed by atoms with van der Waals surface area (Å²) in [5.74, 6) is 0.946. The van der Waals surface area contributed by atoms with Crippen LogP contribution in [0, 0.1) is 0 Å². The van der Waals surface area contributed by atoms with Gasteiger partial charge in [-0.1, -0.05) is 0 Å². The monoisotopic (exact) mass is 223 g/mol. The lowest BCUT2D eigenvalue weighted by molar-refractivity contribution is 0.0192. The molecule has 2 rings (SSSR count). The quantitative estimate of drug-likeness (QED) is 0.838. The lowest BCUT2D eigenvalue weighted by Crippen LogP contribution is -2.29. The molecule has 0 bridgehead atoms. The highest BCUT2D eigenvalue weighted by Gasteiger charge is 2.23. The fraction of sp³-hybridized carbons (Fsp3) is 0.636. The van der Waals surface area contributed by atoms with E-state index in [4.69, 9.17) is 15.2 Å². The average molecular weight is 223 g/mol. The van der Waals surface area contributed by atoms with Gasteiger partial charge in [0, 0.05) is 19.6 Å². The van der Waals surface area contributed by atoms with E-state index in [-0.39, 0.29) is 6.10 Å². The Kier molecular flexibility index (Phi) is 3.56. The number of nitrogen functional groups attached to an aromatic ring is 1. The van der Waals surface area contributed by atoms with E-state index >= 15 is 0 Å². The molecule has 0 spiro atoms. The second-order valence-corrected chi connectivity index (χ2v) is 4.06. The zero-order valence-corrected chi connectivity index (χ0v) is 9.43. The van der Waals surface area contributed by atoms with Crippen LogP contribution < -0.4 is 10.5 Å². The summed E-state index contributed by atoms with van der Waals surface area (Å²) in [5, 5.41) is 7.64. The molecule has 0 aliphatic heterocycles. The van der Waals surface area contributed by atoms with Crippen LogP contribution in [0.5, 0.6) is 5.88 Å². The van der Waals surface area contributed by atoms with E-state index in [1.54, 1.807) is 19.2 Å². The third-order valence-electron chi connectivity index (χ3n) is 2.86. The van der Waals surface area contributed by atoms with Crippen LogP contribution in [0.4, 0.5) is 5.82 Å². The standard InChI is InChI=1S/C11H17N3O2/c1-15-8-3-2-4-9(7-8)16-11-6-5-10(12)13-14-11/h5-6,8-9H,2-4,7H2,1H3,(H2,12,13). The van der Waals surface area contributed by atoms with Crippen molar-refractivity contribution < 1.29 is 9.47 Å². The van der Waals surface area contributed by atoms with E-state index in [2.05, 4.69) is 10.2 Å². The van der Waals surface area contributed by atoms with Crippen molar-refractivity contribution >= 4 is 5.82 Å². The maximum atomic E-state index is 5.73. The van der Waals surface area contributed by atoms with Crippen LogP contribution >= 0.6 is 0 Å². The van der Waals surface area contributed by atoms with E-state index in [0.717, 1.165) is 25.7 Å². The Morgan fingerprint density at radius 2 is 2.06 bits per heavy atom. The minimum atomic E-state index is 0.177. The predicted molar refractivity (Wildman–Crippen MR) is 60.1 cm³/mol. The fourth-order valence-electron chi connectivity index (χ4n) is 1.99. The van der Waals surface area contributed by atoms with Gasteiger partial charge >= 0.3 is 0 Å². The molecule has 1 aromatic rings. The van der Waals surface area contributed by atoms with Gasteiger partial charge < -0.3 is 15.2 Å². The van der Waals surface area contributed by atoms with Crippen molar-refractivity contribution in [3.63, 3.8) is 0 Å². The Hall–Kier alpha value is -1.36. The SMILES string of the molecule is COC1CCCC(Oc2ccc(N)nn2)C1. The number of hydrogen-bond acceptors (Lipinski definition) is 5.